The van der Waals surface area contributed by atoms with Crippen LogP contribution in [-0.4, -0.2) is 37.0 Å². The first kappa shape index (κ1) is 17.4. The Balaban J connectivity index is 2.06. The van der Waals surface area contributed by atoms with Gasteiger partial charge < -0.3 is 16.0 Å². The van der Waals surface area contributed by atoms with E-state index in [2.05, 4.69) is 40.2 Å². The van der Waals surface area contributed by atoms with Crippen LogP contribution in [-0.2, 0) is 10.3 Å². The summed E-state index contributed by atoms with van der Waals surface area (Å²) in [5.74, 6) is -0.122. The fourth-order valence-electron chi connectivity index (χ4n) is 3.17. The summed E-state index contributed by atoms with van der Waals surface area (Å²) < 4.78 is 0.977. The van der Waals surface area contributed by atoms with Crippen LogP contribution in [0.4, 0.5) is 0 Å². The van der Waals surface area contributed by atoms with Crippen LogP contribution in [0, 0.1) is 0 Å². The lowest BCUT2D eigenvalue weighted by Crippen LogP contribution is -2.56. The molecule has 1 saturated carbocycles. The number of likely N-dealkylation sites (N-methyl/N-ethyl adjacent to an activating group) is 1. The van der Waals surface area contributed by atoms with E-state index in [1.807, 2.05) is 24.3 Å². The summed E-state index contributed by atoms with van der Waals surface area (Å²) in [4.78, 5) is 14.8. The van der Waals surface area contributed by atoms with Gasteiger partial charge in [0.25, 0.3) is 0 Å². The van der Waals surface area contributed by atoms with E-state index < -0.39 is 5.54 Å². The Hall–Kier alpha value is -0.910. The summed E-state index contributed by atoms with van der Waals surface area (Å²) in [5, 5.41) is 3.08. The number of nitrogens with one attached hydrogen (secondary N) is 1. The highest BCUT2D eigenvalue weighted by Crippen LogP contribution is 2.33. The van der Waals surface area contributed by atoms with Crippen molar-refractivity contribution in [2.75, 3.05) is 20.6 Å². The van der Waals surface area contributed by atoms with E-state index in [9.17, 15) is 4.79 Å². The Morgan fingerprint density at radius 3 is 2.36 bits per heavy atom. The SMILES string of the molecule is CN(C)C1(CNC(=O)C(C)(N)c2ccc(Br)cc2)CCCC1. The summed E-state index contributed by atoms with van der Waals surface area (Å²) in [6.45, 7) is 2.42. The molecule has 5 heteroatoms. The van der Waals surface area contributed by atoms with E-state index in [-0.39, 0.29) is 11.4 Å². The monoisotopic (exact) mass is 367 g/mol. The molecule has 3 N–H and O–H groups in total. The second-order valence-corrected chi connectivity index (χ2v) is 7.63. The highest BCUT2D eigenvalue weighted by molar-refractivity contribution is 9.10. The predicted molar refractivity (Wildman–Crippen MR) is 93.6 cm³/mol. The maximum Gasteiger partial charge on any atom is 0.244 e. The molecule has 4 nitrogen and oxygen atoms in total. The fourth-order valence-corrected chi connectivity index (χ4v) is 3.44. The minimum absolute atomic E-state index is 0.0749. The van der Waals surface area contributed by atoms with E-state index in [4.69, 9.17) is 5.73 Å². The smallest absolute Gasteiger partial charge is 0.244 e. The minimum Gasteiger partial charge on any atom is -0.352 e. The maximum absolute atomic E-state index is 12.6. The van der Waals surface area contributed by atoms with E-state index in [0.717, 1.165) is 22.9 Å². The number of benzene rings is 1. The zero-order chi connectivity index (χ0) is 16.4. The van der Waals surface area contributed by atoms with Crippen LogP contribution >= 0.6 is 15.9 Å². The lowest BCUT2D eigenvalue weighted by atomic mass is 9.91. The summed E-state index contributed by atoms with van der Waals surface area (Å²) in [7, 11) is 4.18. The van der Waals surface area contributed by atoms with Crippen molar-refractivity contribution in [3.63, 3.8) is 0 Å². The fraction of sp³-hybridized carbons (Fsp3) is 0.588. The number of hydrogen-bond acceptors (Lipinski definition) is 3. The Morgan fingerprint density at radius 2 is 1.86 bits per heavy atom. The number of amides is 1. The summed E-state index contributed by atoms with van der Waals surface area (Å²) >= 11 is 3.40. The number of rotatable bonds is 5. The van der Waals surface area contributed by atoms with Gasteiger partial charge in [0.05, 0.1) is 0 Å². The molecule has 0 heterocycles. The zero-order valence-corrected chi connectivity index (χ0v) is 15.2. The second-order valence-electron chi connectivity index (χ2n) is 6.72. The Bertz CT molecular complexity index is 519. The van der Waals surface area contributed by atoms with E-state index in [1.165, 1.54) is 12.8 Å². The number of nitrogens with zero attached hydrogens (tertiary/aromatic N) is 1. The molecule has 122 valence electrons. The average Bonchev–Trinajstić information content (AvgIpc) is 2.95. The van der Waals surface area contributed by atoms with Crippen LogP contribution in [0.5, 0.6) is 0 Å². The van der Waals surface area contributed by atoms with Crippen molar-refractivity contribution in [3.05, 3.63) is 34.3 Å². The van der Waals surface area contributed by atoms with Crippen molar-refractivity contribution in [3.8, 4) is 0 Å². The van der Waals surface area contributed by atoms with Crippen molar-refractivity contribution >= 4 is 21.8 Å². The Morgan fingerprint density at radius 1 is 1.32 bits per heavy atom. The molecule has 2 rings (SSSR count). The zero-order valence-electron chi connectivity index (χ0n) is 13.7. The van der Waals surface area contributed by atoms with Gasteiger partial charge in [-0.1, -0.05) is 40.9 Å². The molecule has 1 amide bonds. The van der Waals surface area contributed by atoms with Crippen LogP contribution in [0.1, 0.15) is 38.2 Å². The van der Waals surface area contributed by atoms with Gasteiger partial charge in [-0.05, 0) is 51.6 Å². The summed E-state index contributed by atoms with van der Waals surface area (Å²) in [6, 6.07) is 7.60. The van der Waals surface area contributed by atoms with Crippen LogP contribution in [0.15, 0.2) is 28.7 Å². The third kappa shape index (κ3) is 3.53. The lowest BCUT2D eigenvalue weighted by Gasteiger charge is -2.37. The summed E-state index contributed by atoms with van der Waals surface area (Å²) in [5.41, 5.74) is 6.17. The van der Waals surface area contributed by atoms with Gasteiger partial charge in [-0.25, -0.2) is 0 Å². The van der Waals surface area contributed by atoms with Gasteiger partial charge in [-0.3, -0.25) is 4.79 Å². The first-order chi connectivity index (χ1) is 10.3. The molecule has 0 bridgehead atoms. The summed E-state index contributed by atoms with van der Waals surface area (Å²) in [6.07, 6.45) is 4.70. The molecule has 1 fully saturated rings. The quantitative estimate of drug-likeness (QED) is 0.840. The maximum atomic E-state index is 12.6. The van der Waals surface area contributed by atoms with Crippen molar-refractivity contribution in [2.24, 2.45) is 5.73 Å². The standard InChI is InChI=1S/C17H26BrN3O/c1-16(19,13-6-8-14(18)9-7-13)15(22)20-12-17(21(2)3)10-4-5-11-17/h6-9H,4-5,10-12,19H2,1-3H3,(H,20,22). The molecule has 1 aromatic carbocycles. The van der Waals surface area contributed by atoms with Crippen molar-refractivity contribution < 1.29 is 4.79 Å². The van der Waals surface area contributed by atoms with Crippen molar-refractivity contribution in [1.29, 1.82) is 0 Å². The molecule has 1 aliphatic rings. The second kappa shape index (κ2) is 6.69. The van der Waals surface area contributed by atoms with Gasteiger partial charge in [-0.15, -0.1) is 0 Å². The minimum atomic E-state index is -1.02. The van der Waals surface area contributed by atoms with Gasteiger partial charge in [-0.2, -0.15) is 0 Å². The number of carbonyl (C=O) groups excluding carboxylic acids is 1. The molecule has 1 aliphatic carbocycles. The van der Waals surface area contributed by atoms with Gasteiger partial charge in [0.2, 0.25) is 5.91 Å². The van der Waals surface area contributed by atoms with Gasteiger partial charge in [0.15, 0.2) is 0 Å². The third-order valence-corrected chi connectivity index (χ3v) is 5.51. The lowest BCUT2D eigenvalue weighted by molar-refractivity contribution is -0.126. The molecule has 1 unspecified atom stereocenters. The molecule has 0 aromatic heterocycles. The van der Waals surface area contributed by atoms with Crippen molar-refractivity contribution in [2.45, 2.75) is 43.7 Å². The number of halogens is 1. The first-order valence-electron chi connectivity index (χ1n) is 7.79. The van der Waals surface area contributed by atoms with Gasteiger partial charge >= 0.3 is 0 Å². The van der Waals surface area contributed by atoms with Crippen LogP contribution < -0.4 is 11.1 Å². The van der Waals surface area contributed by atoms with Crippen LogP contribution in [0.25, 0.3) is 0 Å². The molecule has 0 saturated heterocycles. The number of hydrogen-bond donors (Lipinski definition) is 2. The molecular formula is C17H26BrN3O. The average molecular weight is 368 g/mol. The normalized spacial score (nSPS) is 19.9. The van der Waals surface area contributed by atoms with Gasteiger partial charge in [0, 0.05) is 16.6 Å². The predicted octanol–water partition coefficient (Wildman–Crippen LogP) is 2.61. The number of carbonyl (C=O) groups is 1. The molecule has 0 aliphatic heterocycles. The Labute approximate surface area is 141 Å². The number of nitrogens with two attached hydrogens (primary N) is 1. The third-order valence-electron chi connectivity index (χ3n) is 4.98. The molecule has 1 atom stereocenters. The van der Waals surface area contributed by atoms with Gasteiger partial charge in [0.1, 0.15) is 5.54 Å². The molecular weight excluding hydrogens is 342 g/mol. The topological polar surface area (TPSA) is 58.4 Å². The van der Waals surface area contributed by atoms with Crippen LogP contribution in [0.2, 0.25) is 0 Å². The Kier molecular flexibility index (Phi) is 5.30. The van der Waals surface area contributed by atoms with E-state index in [0.29, 0.717) is 6.54 Å². The largest absolute Gasteiger partial charge is 0.352 e. The van der Waals surface area contributed by atoms with E-state index in [1.54, 1.807) is 6.92 Å². The van der Waals surface area contributed by atoms with E-state index >= 15 is 0 Å². The molecule has 22 heavy (non-hydrogen) atoms. The highest BCUT2D eigenvalue weighted by atomic mass is 79.9. The first-order valence-corrected chi connectivity index (χ1v) is 8.58. The molecule has 1 aromatic rings. The highest BCUT2D eigenvalue weighted by Gasteiger charge is 2.38. The molecule has 0 spiro atoms. The van der Waals surface area contributed by atoms with Crippen molar-refractivity contribution in [1.82, 2.24) is 10.2 Å². The molecule has 0 radical (unpaired) electrons. The van der Waals surface area contributed by atoms with Crippen LogP contribution in [0.3, 0.4) is 0 Å².